The molecule has 0 saturated carbocycles. The summed E-state index contributed by atoms with van der Waals surface area (Å²) in [5.74, 6) is -0.804. The predicted octanol–water partition coefficient (Wildman–Crippen LogP) is 3.54. The molecule has 2 N–H and O–H groups in total. The number of hydrogen-bond acceptors (Lipinski definition) is 6. The van der Waals surface area contributed by atoms with Crippen molar-refractivity contribution >= 4 is 30.5 Å². The molecule has 2 aromatic rings. The van der Waals surface area contributed by atoms with Gasteiger partial charge < -0.3 is 9.84 Å². The Morgan fingerprint density at radius 3 is 2.60 bits per heavy atom. The van der Waals surface area contributed by atoms with E-state index in [0.717, 1.165) is 0 Å². The van der Waals surface area contributed by atoms with Crippen LogP contribution in [-0.4, -0.2) is 32.7 Å². The van der Waals surface area contributed by atoms with Crippen molar-refractivity contribution in [2.75, 3.05) is 5.32 Å². The van der Waals surface area contributed by atoms with Gasteiger partial charge in [-0.1, -0.05) is 0 Å². The van der Waals surface area contributed by atoms with Crippen molar-refractivity contribution in [3.8, 4) is 0 Å². The summed E-state index contributed by atoms with van der Waals surface area (Å²) in [6.45, 7) is 5.28. The number of carbonyl (C=O) groups excluding carboxylic acids is 1. The Labute approximate surface area is 150 Å². The van der Waals surface area contributed by atoms with E-state index in [1.165, 1.54) is 18.5 Å². The molecule has 1 unspecified atom stereocenters. The molecule has 25 heavy (non-hydrogen) atoms. The van der Waals surface area contributed by atoms with E-state index in [2.05, 4.69) is 27.9 Å². The number of carboxylic acids is 1. The normalized spacial score (nSPS) is 12.3. The molecular formula is C17H19N3O4S. The van der Waals surface area contributed by atoms with Crippen molar-refractivity contribution in [3.05, 3.63) is 53.5 Å². The molecule has 0 fully saturated rings. The number of thiol groups is 1. The van der Waals surface area contributed by atoms with Crippen molar-refractivity contribution in [3.63, 3.8) is 0 Å². The zero-order valence-corrected chi connectivity index (χ0v) is 14.9. The average molecular weight is 361 g/mol. The molecule has 2 heterocycles. The summed E-state index contributed by atoms with van der Waals surface area (Å²) in [5, 5.41) is 11.2. The first-order valence-electron chi connectivity index (χ1n) is 7.49. The van der Waals surface area contributed by atoms with E-state index < -0.39 is 22.9 Å². The molecule has 1 atom stereocenters. The highest BCUT2D eigenvalue weighted by atomic mass is 32.1. The van der Waals surface area contributed by atoms with Gasteiger partial charge in [0.25, 0.3) is 0 Å². The quantitative estimate of drug-likeness (QED) is 0.720. The van der Waals surface area contributed by atoms with Crippen LogP contribution in [-0.2, 0) is 4.74 Å². The summed E-state index contributed by atoms with van der Waals surface area (Å²) in [7, 11) is 0. The van der Waals surface area contributed by atoms with Gasteiger partial charge in [-0.2, -0.15) is 12.6 Å². The SMILES string of the molecule is CC(C)(C)OC(=O)Nc1cc(C(S)c2ncccc2C(=O)O)ccn1. The van der Waals surface area contributed by atoms with Crippen LogP contribution in [0, 0.1) is 0 Å². The maximum Gasteiger partial charge on any atom is 0.413 e. The van der Waals surface area contributed by atoms with Crippen LogP contribution in [0.1, 0.15) is 47.6 Å². The Bertz CT molecular complexity index is 789. The number of aromatic carboxylic acids is 1. The summed E-state index contributed by atoms with van der Waals surface area (Å²) in [6, 6.07) is 6.30. The minimum absolute atomic E-state index is 0.0703. The van der Waals surface area contributed by atoms with Crippen LogP contribution in [0.3, 0.4) is 0 Å². The zero-order chi connectivity index (χ0) is 18.6. The van der Waals surface area contributed by atoms with Crippen LogP contribution in [0.25, 0.3) is 0 Å². The van der Waals surface area contributed by atoms with Crippen LogP contribution < -0.4 is 5.32 Å². The smallest absolute Gasteiger partial charge is 0.413 e. The molecule has 7 nitrogen and oxygen atoms in total. The summed E-state index contributed by atoms with van der Waals surface area (Å²) in [6.07, 6.45) is 2.37. The highest BCUT2D eigenvalue weighted by molar-refractivity contribution is 7.80. The summed E-state index contributed by atoms with van der Waals surface area (Å²) < 4.78 is 5.18. The third kappa shape index (κ3) is 5.18. The second-order valence-electron chi connectivity index (χ2n) is 6.25. The van der Waals surface area contributed by atoms with Crippen molar-refractivity contribution < 1.29 is 19.4 Å². The van der Waals surface area contributed by atoms with Gasteiger partial charge >= 0.3 is 12.1 Å². The van der Waals surface area contributed by atoms with Gasteiger partial charge in [-0.05, 0) is 50.6 Å². The van der Waals surface area contributed by atoms with Gasteiger partial charge in [0.05, 0.1) is 16.5 Å². The third-order valence-corrected chi connectivity index (χ3v) is 3.60. The number of carboxylic acid groups (broad SMARTS) is 1. The monoisotopic (exact) mass is 361 g/mol. The lowest BCUT2D eigenvalue weighted by Crippen LogP contribution is -2.27. The summed E-state index contributed by atoms with van der Waals surface area (Å²) in [4.78, 5) is 31.4. The number of nitrogens with one attached hydrogen (secondary N) is 1. The molecule has 0 aliphatic heterocycles. The van der Waals surface area contributed by atoms with Crippen LogP contribution in [0.5, 0.6) is 0 Å². The van der Waals surface area contributed by atoms with Crippen molar-refractivity contribution in [1.82, 2.24) is 9.97 Å². The predicted molar refractivity (Wildman–Crippen MR) is 96.1 cm³/mol. The topological polar surface area (TPSA) is 101 Å². The second-order valence-corrected chi connectivity index (χ2v) is 6.76. The first kappa shape index (κ1) is 18.7. The van der Waals surface area contributed by atoms with Gasteiger partial charge in [0.15, 0.2) is 0 Å². The number of carbonyl (C=O) groups is 2. The van der Waals surface area contributed by atoms with Crippen LogP contribution in [0.2, 0.25) is 0 Å². The Hall–Kier alpha value is -2.61. The van der Waals surface area contributed by atoms with E-state index >= 15 is 0 Å². The minimum Gasteiger partial charge on any atom is -0.478 e. The maximum absolute atomic E-state index is 11.8. The highest BCUT2D eigenvalue weighted by Gasteiger charge is 2.20. The molecule has 0 aliphatic rings. The molecule has 2 rings (SSSR count). The molecule has 0 aromatic carbocycles. The number of hydrogen-bond donors (Lipinski definition) is 3. The number of aromatic nitrogens is 2. The maximum atomic E-state index is 11.8. The first-order valence-corrected chi connectivity index (χ1v) is 8.01. The average Bonchev–Trinajstić information content (AvgIpc) is 2.52. The van der Waals surface area contributed by atoms with E-state index in [1.807, 2.05) is 0 Å². The van der Waals surface area contributed by atoms with Crippen LogP contribution in [0.4, 0.5) is 10.6 Å². The number of rotatable bonds is 4. The number of ether oxygens (including phenoxy) is 1. The lowest BCUT2D eigenvalue weighted by atomic mass is 10.1. The number of anilines is 1. The van der Waals surface area contributed by atoms with Gasteiger partial charge in [-0.25, -0.2) is 14.6 Å². The summed E-state index contributed by atoms with van der Waals surface area (Å²) in [5.41, 5.74) is 0.400. The van der Waals surface area contributed by atoms with Crippen LogP contribution >= 0.6 is 12.6 Å². The van der Waals surface area contributed by atoms with E-state index in [4.69, 9.17) is 4.74 Å². The van der Waals surface area contributed by atoms with E-state index in [1.54, 1.807) is 39.0 Å². The molecule has 132 valence electrons. The van der Waals surface area contributed by atoms with Gasteiger partial charge in [0.1, 0.15) is 11.4 Å². The largest absolute Gasteiger partial charge is 0.478 e. The Kier molecular flexibility index (Phi) is 5.63. The molecule has 0 spiro atoms. The fourth-order valence-corrected chi connectivity index (χ4v) is 2.43. The molecule has 2 aromatic heterocycles. The van der Waals surface area contributed by atoms with Crippen LogP contribution in [0.15, 0.2) is 36.7 Å². The molecule has 0 aliphatic carbocycles. The van der Waals surface area contributed by atoms with Crippen molar-refractivity contribution in [2.24, 2.45) is 0 Å². The van der Waals surface area contributed by atoms with Gasteiger partial charge in [-0.15, -0.1) is 0 Å². The Morgan fingerprint density at radius 1 is 1.24 bits per heavy atom. The fraction of sp³-hybridized carbons (Fsp3) is 0.294. The molecule has 0 bridgehead atoms. The standard InChI is InChI=1S/C17H19N3O4S/c1-17(2,3)24-16(23)20-12-9-10(6-8-18-12)14(25)13-11(15(21)22)5-4-7-19-13/h4-9,14,25H,1-3H3,(H,21,22)(H,18,20,23). The molecule has 0 radical (unpaired) electrons. The first-order chi connectivity index (χ1) is 11.7. The Morgan fingerprint density at radius 2 is 1.96 bits per heavy atom. The molecule has 8 heteroatoms. The zero-order valence-electron chi connectivity index (χ0n) is 14.1. The number of amides is 1. The highest BCUT2D eigenvalue weighted by Crippen LogP contribution is 2.30. The number of pyridine rings is 2. The molecular weight excluding hydrogens is 342 g/mol. The van der Waals surface area contributed by atoms with Crippen molar-refractivity contribution in [2.45, 2.75) is 31.6 Å². The molecule has 0 saturated heterocycles. The lowest BCUT2D eigenvalue weighted by molar-refractivity contribution is 0.0633. The van der Waals surface area contributed by atoms with Gasteiger partial charge in [0.2, 0.25) is 0 Å². The minimum atomic E-state index is -1.08. The van der Waals surface area contributed by atoms with Gasteiger partial charge in [-0.3, -0.25) is 10.3 Å². The van der Waals surface area contributed by atoms with E-state index in [9.17, 15) is 14.7 Å². The Balaban J connectivity index is 2.24. The fourth-order valence-electron chi connectivity index (χ4n) is 2.07. The van der Waals surface area contributed by atoms with E-state index in [-0.39, 0.29) is 11.4 Å². The lowest BCUT2D eigenvalue weighted by Gasteiger charge is -2.19. The number of nitrogens with zero attached hydrogens (tertiary/aromatic N) is 2. The van der Waals surface area contributed by atoms with E-state index in [0.29, 0.717) is 11.3 Å². The second kappa shape index (κ2) is 7.52. The van der Waals surface area contributed by atoms with Gasteiger partial charge in [0, 0.05) is 12.4 Å². The van der Waals surface area contributed by atoms with Crippen molar-refractivity contribution in [1.29, 1.82) is 0 Å². The molecule has 1 amide bonds. The third-order valence-electron chi connectivity index (χ3n) is 3.06. The summed E-state index contributed by atoms with van der Waals surface area (Å²) >= 11 is 4.48.